The van der Waals surface area contributed by atoms with Gasteiger partial charge in [0.2, 0.25) is 0 Å². The molecule has 0 radical (unpaired) electrons. The summed E-state index contributed by atoms with van der Waals surface area (Å²) in [5.74, 6) is 2.36. The second-order valence-corrected chi connectivity index (χ2v) is 5.38. The number of hydrogen-bond acceptors (Lipinski definition) is 6. The van der Waals surface area contributed by atoms with Crippen LogP contribution in [0.3, 0.4) is 0 Å². The molecule has 0 aliphatic carbocycles. The molecule has 2 N–H and O–H groups in total. The monoisotopic (exact) mass is 299 g/mol. The standard InChI is InChI=1S/C16H21N5O/c1-12-20-15(18-10-13-5-2-3-7-17-13)9-16(21-12)19-11-14-6-4-8-22-14/h2-3,5,7,9,14H,4,6,8,10-11H2,1H3,(H2,18,19,20,21). The summed E-state index contributed by atoms with van der Waals surface area (Å²) in [7, 11) is 0. The van der Waals surface area contributed by atoms with Gasteiger partial charge in [0.15, 0.2) is 0 Å². The number of ether oxygens (including phenoxy) is 1. The average molecular weight is 299 g/mol. The summed E-state index contributed by atoms with van der Waals surface area (Å²) in [6.07, 6.45) is 4.34. The fourth-order valence-electron chi connectivity index (χ4n) is 2.46. The number of hydrogen-bond donors (Lipinski definition) is 2. The van der Waals surface area contributed by atoms with Crippen LogP contribution in [0, 0.1) is 6.92 Å². The van der Waals surface area contributed by atoms with Gasteiger partial charge in [-0.1, -0.05) is 6.07 Å². The zero-order chi connectivity index (χ0) is 15.2. The summed E-state index contributed by atoms with van der Waals surface area (Å²) < 4.78 is 5.61. The van der Waals surface area contributed by atoms with Gasteiger partial charge < -0.3 is 15.4 Å². The van der Waals surface area contributed by atoms with E-state index < -0.39 is 0 Å². The third kappa shape index (κ3) is 4.14. The zero-order valence-corrected chi connectivity index (χ0v) is 12.7. The van der Waals surface area contributed by atoms with Crippen molar-refractivity contribution in [2.45, 2.75) is 32.4 Å². The number of nitrogens with one attached hydrogen (secondary N) is 2. The second kappa shape index (κ2) is 7.17. The first-order chi connectivity index (χ1) is 10.8. The van der Waals surface area contributed by atoms with Crippen LogP contribution in [0.2, 0.25) is 0 Å². The smallest absolute Gasteiger partial charge is 0.132 e. The minimum Gasteiger partial charge on any atom is -0.376 e. The first kappa shape index (κ1) is 14.7. The molecule has 0 saturated carbocycles. The number of aryl methyl sites for hydroxylation is 1. The van der Waals surface area contributed by atoms with Crippen LogP contribution in [0.15, 0.2) is 30.5 Å². The highest BCUT2D eigenvalue weighted by atomic mass is 16.5. The SMILES string of the molecule is Cc1nc(NCc2ccccn2)cc(NCC2CCCO2)n1. The Labute approximate surface area is 130 Å². The van der Waals surface area contributed by atoms with Crippen molar-refractivity contribution in [3.8, 4) is 0 Å². The molecule has 6 nitrogen and oxygen atoms in total. The Morgan fingerprint density at radius 2 is 2.09 bits per heavy atom. The van der Waals surface area contributed by atoms with Crippen LogP contribution in [-0.2, 0) is 11.3 Å². The maximum atomic E-state index is 5.61. The lowest BCUT2D eigenvalue weighted by Gasteiger charge is -2.13. The number of anilines is 2. The number of rotatable bonds is 6. The molecule has 0 bridgehead atoms. The van der Waals surface area contributed by atoms with Gasteiger partial charge in [0, 0.05) is 25.4 Å². The lowest BCUT2D eigenvalue weighted by atomic mass is 10.2. The molecule has 2 aromatic rings. The highest BCUT2D eigenvalue weighted by molar-refractivity contribution is 5.47. The van der Waals surface area contributed by atoms with Crippen molar-refractivity contribution in [2.24, 2.45) is 0 Å². The molecule has 1 atom stereocenters. The average Bonchev–Trinajstić information content (AvgIpc) is 3.05. The van der Waals surface area contributed by atoms with Gasteiger partial charge >= 0.3 is 0 Å². The Hall–Kier alpha value is -2.21. The summed E-state index contributed by atoms with van der Waals surface area (Å²) >= 11 is 0. The summed E-state index contributed by atoms with van der Waals surface area (Å²) in [6, 6.07) is 7.79. The molecule has 1 aliphatic rings. The van der Waals surface area contributed by atoms with Crippen molar-refractivity contribution in [1.82, 2.24) is 15.0 Å². The second-order valence-electron chi connectivity index (χ2n) is 5.38. The van der Waals surface area contributed by atoms with Crippen LogP contribution < -0.4 is 10.6 Å². The Kier molecular flexibility index (Phi) is 4.80. The summed E-state index contributed by atoms with van der Waals surface area (Å²) in [5, 5.41) is 6.62. The Morgan fingerprint density at radius 3 is 2.82 bits per heavy atom. The quantitative estimate of drug-likeness (QED) is 0.853. The van der Waals surface area contributed by atoms with Gasteiger partial charge in [-0.05, 0) is 31.9 Å². The Balaban J connectivity index is 1.59. The van der Waals surface area contributed by atoms with Crippen LogP contribution in [-0.4, -0.2) is 34.2 Å². The summed E-state index contributed by atoms with van der Waals surface area (Å²) in [4.78, 5) is 13.1. The maximum absolute atomic E-state index is 5.61. The van der Waals surface area contributed by atoms with E-state index in [9.17, 15) is 0 Å². The van der Waals surface area contributed by atoms with Crippen LogP contribution in [0.5, 0.6) is 0 Å². The molecule has 0 aromatic carbocycles. The van der Waals surface area contributed by atoms with E-state index in [0.29, 0.717) is 12.6 Å². The van der Waals surface area contributed by atoms with Crippen LogP contribution >= 0.6 is 0 Å². The number of pyridine rings is 1. The third-order valence-corrected chi connectivity index (χ3v) is 3.55. The van der Waals surface area contributed by atoms with E-state index in [1.807, 2.05) is 31.2 Å². The molecule has 22 heavy (non-hydrogen) atoms. The number of nitrogens with zero attached hydrogens (tertiary/aromatic N) is 3. The van der Waals surface area contributed by atoms with Gasteiger partial charge in [-0.25, -0.2) is 9.97 Å². The molecule has 116 valence electrons. The minimum absolute atomic E-state index is 0.292. The van der Waals surface area contributed by atoms with E-state index >= 15 is 0 Å². The zero-order valence-electron chi connectivity index (χ0n) is 12.7. The normalized spacial score (nSPS) is 17.4. The number of aromatic nitrogens is 3. The molecule has 1 aliphatic heterocycles. The molecule has 1 unspecified atom stereocenters. The molecule has 6 heteroatoms. The lowest BCUT2D eigenvalue weighted by molar-refractivity contribution is 0.120. The highest BCUT2D eigenvalue weighted by Crippen LogP contribution is 2.15. The van der Waals surface area contributed by atoms with Crippen molar-refractivity contribution >= 4 is 11.6 Å². The predicted molar refractivity (Wildman–Crippen MR) is 85.8 cm³/mol. The third-order valence-electron chi connectivity index (χ3n) is 3.55. The van der Waals surface area contributed by atoms with E-state index in [1.54, 1.807) is 6.20 Å². The highest BCUT2D eigenvalue weighted by Gasteiger charge is 2.15. The van der Waals surface area contributed by atoms with Crippen molar-refractivity contribution in [3.05, 3.63) is 42.0 Å². The van der Waals surface area contributed by atoms with Crippen molar-refractivity contribution in [1.29, 1.82) is 0 Å². The van der Waals surface area contributed by atoms with E-state index in [1.165, 1.54) is 0 Å². The van der Waals surface area contributed by atoms with Gasteiger partial charge in [-0.2, -0.15) is 0 Å². The first-order valence-electron chi connectivity index (χ1n) is 7.64. The molecule has 0 amide bonds. The molecule has 3 rings (SSSR count). The minimum atomic E-state index is 0.292. The summed E-state index contributed by atoms with van der Waals surface area (Å²) in [6.45, 7) is 4.19. The molecule has 1 fully saturated rings. The van der Waals surface area contributed by atoms with Crippen LogP contribution in [0.25, 0.3) is 0 Å². The van der Waals surface area contributed by atoms with Gasteiger partial charge in [0.1, 0.15) is 17.5 Å². The summed E-state index contributed by atoms with van der Waals surface area (Å²) in [5.41, 5.74) is 0.979. The van der Waals surface area contributed by atoms with E-state index in [-0.39, 0.29) is 0 Å². The van der Waals surface area contributed by atoms with Gasteiger partial charge in [0.05, 0.1) is 18.3 Å². The molecule has 3 heterocycles. The van der Waals surface area contributed by atoms with Crippen molar-refractivity contribution < 1.29 is 4.74 Å². The fourth-order valence-corrected chi connectivity index (χ4v) is 2.46. The predicted octanol–water partition coefficient (Wildman–Crippen LogP) is 2.38. The van der Waals surface area contributed by atoms with Gasteiger partial charge in [-0.3, -0.25) is 4.98 Å². The Bertz CT molecular complexity index is 599. The van der Waals surface area contributed by atoms with Crippen molar-refractivity contribution in [2.75, 3.05) is 23.8 Å². The van der Waals surface area contributed by atoms with Gasteiger partial charge in [0.25, 0.3) is 0 Å². The largest absolute Gasteiger partial charge is 0.376 e. The first-order valence-corrected chi connectivity index (χ1v) is 7.64. The molecular weight excluding hydrogens is 278 g/mol. The molecule has 2 aromatic heterocycles. The molecular formula is C16H21N5O. The van der Waals surface area contributed by atoms with Gasteiger partial charge in [-0.15, -0.1) is 0 Å². The van der Waals surface area contributed by atoms with Crippen molar-refractivity contribution in [3.63, 3.8) is 0 Å². The molecule has 1 saturated heterocycles. The Morgan fingerprint density at radius 1 is 1.23 bits per heavy atom. The van der Waals surface area contributed by atoms with E-state index in [4.69, 9.17) is 4.74 Å². The molecule has 0 spiro atoms. The lowest BCUT2D eigenvalue weighted by Crippen LogP contribution is -2.19. The fraction of sp³-hybridized carbons (Fsp3) is 0.438. The van der Waals surface area contributed by atoms with Crippen LogP contribution in [0.1, 0.15) is 24.4 Å². The topological polar surface area (TPSA) is 72.0 Å². The maximum Gasteiger partial charge on any atom is 0.132 e. The van der Waals surface area contributed by atoms with E-state index in [0.717, 1.165) is 49.1 Å². The van der Waals surface area contributed by atoms with E-state index in [2.05, 4.69) is 25.6 Å². The van der Waals surface area contributed by atoms with Crippen LogP contribution in [0.4, 0.5) is 11.6 Å².